The quantitative estimate of drug-likeness (QED) is 0.771. The number of aromatic nitrogens is 1. The van der Waals surface area contributed by atoms with Gasteiger partial charge >= 0.3 is 0 Å². The number of ether oxygens (including phenoxy) is 1. The van der Waals surface area contributed by atoms with E-state index >= 15 is 0 Å². The number of rotatable bonds is 2. The van der Waals surface area contributed by atoms with E-state index in [9.17, 15) is 4.79 Å². The van der Waals surface area contributed by atoms with Crippen molar-refractivity contribution in [2.24, 2.45) is 0 Å². The van der Waals surface area contributed by atoms with E-state index in [0.717, 1.165) is 35.2 Å². The molecule has 0 bridgehead atoms. The Bertz CT molecular complexity index is 897. The van der Waals surface area contributed by atoms with E-state index in [1.807, 2.05) is 17.0 Å². The Morgan fingerprint density at radius 3 is 2.62 bits per heavy atom. The first kappa shape index (κ1) is 20.3. The molecule has 1 aromatic carbocycles. The summed E-state index contributed by atoms with van der Waals surface area (Å²) in [5, 5.41) is 1.13. The molecule has 0 radical (unpaired) electrons. The Balaban J connectivity index is 1.70. The Labute approximate surface area is 174 Å². The average molecular weight is 396 g/mol. The molecule has 2 fully saturated rings. The van der Waals surface area contributed by atoms with Gasteiger partial charge in [-0.1, -0.05) is 0 Å². The number of piperidine rings is 1. The summed E-state index contributed by atoms with van der Waals surface area (Å²) in [7, 11) is 0. The Morgan fingerprint density at radius 1 is 1.14 bits per heavy atom. The fourth-order valence-electron chi connectivity index (χ4n) is 4.65. The standard InChI is InChI=1S/C24H33N3O2/c1-17-14-20(19-6-5-9-27(16-19)24(2,3)4)21-15-18(7-8-22(21)25-17)23(28)26-10-12-29-13-11-26/h7-8,14-15,19H,5-6,9-13,16H2,1-4H3. The lowest BCUT2D eigenvalue weighted by atomic mass is 9.86. The van der Waals surface area contributed by atoms with Crippen LogP contribution >= 0.6 is 0 Å². The van der Waals surface area contributed by atoms with Crippen LogP contribution in [0.2, 0.25) is 0 Å². The Morgan fingerprint density at radius 2 is 1.90 bits per heavy atom. The number of benzene rings is 1. The first-order valence-electron chi connectivity index (χ1n) is 10.9. The lowest BCUT2D eigenvalue weighted by Crippen LogP contribution is -2.46. The fraction of sp³-hybridized carbons (Fsp3) is 0.583. The number of pyridine rings is 1. The molecule has 1 unspecified atom stereocenters. The third kappa shape index (κ3) is 4.31. The topological polar surface area (TPSA) is 45.7 Å². The number of morpholine rings is 1. The van der Waals surface area contributed by atoms with Crippen LogP contribution in [0.1, 0.15) is 61.1 Å². The predicted octanol–water partition coefficient (Wildman–Crippen LogP) is 3.99. The number of nitrogens with zero attached hydrogens (tertiary/aromatic N) is 3. The van der Waals surface area contributed by atoms with Crippen LogP contribution in [0.25, 0.3) is 10.9 Å². The van der Waals surface area contributed by atoms with Gasteiger partial charge in [-0.05, 0) is 82.8 Å². The van der Waals surface area contributed by atoms with Gasteiger partial charge in [0.05, 0.1) is 18.7 Å². The van der Waals surface area contributed by atoms with Crippen LogP contribution in [-0.2, 0) is 4.74 Å². The number of aryl methyl sites for hydroxylation is 1. The second-order valence-corrected chi connectivity index (χ2v) is 9.45. The van der Waals surface area contributed by atoms with Crippen molar-refractivity contribution < 1.29 is 9.53 Å². The number of hydrogen-bond donors (Lipinski definition) is 0. The summed E-state index contributed by atoms with van der Waals surface area (Å²) in [5.41, 5.74) is 4.32. The summed E-state index contributed by atoms with van der Waals surface area (Å²) < 4.78 is 5.40. The first-order chi connectivity index (χ1) is 13.8. The second-order valence-electron chi connectivity index (χ2n) is 9.45. The largest absolute Gasteiger partial charge is 0.378 e. The molecule has 1 aromatic heterocycles. The minimum absolute atomic E-state index is 0.0988. The van der Waals surface area contributed by atoms with Crippen LogP contribution < -0.4 is 0 Å². The van der Waals surface area contributed by atoms with Crippen LogP contribution in [0, 0.1) is 6.92 Å². The molecule has 2 aromatic rings. The Kier molecular flexibility index (Phi) is 5.63. The van der Waals surface area contributed by atoms with Crippen LogP contribution in [-0.4, -0.2) is 65.6 Å². The van der Waals surface area contributed by atoms with E-state index in [-0.39, 0.29) is 11.4 Å². The van der Waals surface area contributed by atoms with Gasteiger partial charge < -0.3 is 9.64 Å². The molecule has 1 atom stereocenters. The van der Waals surface area contributed by atoms with Crippen molar-refractivity contribution in [3.63, 3.8) is 0 Å². The normalized spacial score (nSPS) is 21.5. The number of hydrogen-bond acceptors (Lipinski definition) is 4. The summed E-state index contributed by atoms with van der Waals surface area (Å²) >= 11 is 0. The summed E-state index contributed by atoms with van der Waals surface area (Å²) in [5.74, 6) is 0.572. The van der Waals surface area contributed by atoms with Crippen molar-refractivity contribution in [3.8, 4) is 0 Å². The van der Waals surface area contributed by atoms with E-state index in [2.05, 4.69) is 44.7 Å². The molecule has 5 nitrogen and oxygen atoms in total. The molecule has 1 amide bonds. The summed E-state index contributed by atoms with van der Waals surface area (Å²) in [6, 6.07) is 8.26. The Hall–Kier alpha value is -1.98. The molecule has 156 valence electrons. The van der Waals surface area contributed by atoms with Gasteiger partial charge in [-0.2, -0.15) is 0 Å². The molecule has 2 aliphatic rings. The third-order valence-electron chi connectivity index (χ3n) is 6.32. The van der Waals surface area contributed by atoms with Crippen molar-refractivity contribution in [3.05, 3.63) is 41.1 Å². The van der Waals surface area contributed by atoms with Gasteiger partial charge in [-0.25, -0.2) is 0 Å². The van der Waals surface area contributed by atoms with Gasteiger partial charge in [0.1, 0.15) is 0 Å². The molecule has 0 saturated carbocycles. The van der Waals surface area contributed by atoms with Crippen LogP contribution in [0.15, 0.2) is 24.3 Å². The zero-order valence-corrected chi connectivity index (χ0v) is 18.2. The number of carbonyl (C=O) groups is 1. The maximum Gasteiger partial charge on any atom is 0.254 e. The van der Waals surface area contributed by atoms with Crippen LogP contribution in [0.5, 0.6) is 0 Å². The van der Waals surface area contributed by atoms with Crippen molar-refractivity contribution in [1.82, 2.24) is 14.8 Å². The molecule has 5 heteroatoms. The molecule has 29 heavy (non-hydrogen) atoms. The summed E-state index contributed by atoms with van der Waals surface area (Å²) in [6.07, 6.45) is 2.39. The summed E-state index contributed by atoms with van der Waals surface area (Å²) in [6.45, 7) is 13.7. The van der Waals surface area contributed by atoms with Crippen LogP contribution in [0.3, 0.4) is 0 Å². The maximum absolute atomic E-state index is 13.0. The second kappa shape index (κ2) is 8.04. The molecule has 0 N–H and O–H groups in total. The van der Waals surface area contributed by atoms with Crippen LogP contribution in [0.4, 0.5) is 0 Å². The van der Waals surface area contributed by atoms with E-state index in [1.165, 1.54) is 18.4 Å². The van der Waals surface area contributed by atoms with Gasteiger partial charge in [-0.15, -0.1) is 0 Å². The number of fused-ring (bicyclic) bond motifs is 1. The molecule has 2 saturated heterocycles. The number of amides is 1. The highest BCUT2D eigenvalue weighted by Gasteiger charge is 2.30. The van der Waals surface area contributed by atoms with E-state index in [0.29, 0.717) is 32.2 Å². The molecule has 4 rings (SSSR count). The van der Waals surface area contributed by atoms with Crippen molar-refractivity contribution in [1.29, 1.82) is 0 Å². The van der Waals surface area contributed by atoms with Gasteiger partial charge in [0.25, 0.3) is 5.91 Å². The molecule has 3 heterocycles. The van der Waals surface area contributed by atoms with Crippen molar-refractivity contribution in [2.75, 3.05) is 39.4 Å². The van der Waals surface area contributed by atoms with Gasteiger partial charge in [0, 0.05) is 41.8 Å². The van der Waals surface area contributed by atoms with Crippen molar-refractivity contribution in [2.45, 2.75) is 52.0 Å². The lowest BCUT2D eigenvalue weighted by Gasteiger charge is -2.42. The van der Waals surface area contributed by atoms with Gasteiger partial charge in [0.15, 0.2) is 0 Å². The zero-order valence-electron chi connectivity index (χ0n) is 18.2. The van der Waals surface area contributed by atoms with Gasteiger partial charge in [0.2, 0.25) is 0 Å². The average Bonchev–Trinajstić information content (AvgIpc) is 2.72. The number of carbonyl (C=O) groups excluding carboxylic acids is 1. The highest BCUT2D eigenvalue weighted by Crippen LogP contribution is 2.35. The van der Waals surface area contributed by atoms with E-state index in [1.54, 1.807) is 0 Å². The monoisotopic (exact) mass is 395 g/mol. The highest BCUT2D eigenvalue weighted by atomic mass is 16.5. The maximum atomic E-state index is 13.0. The predicted molar refractivity (Wildman–Crippen MR) is 117 cm³/mol. The minimum Gasteiger partial charge on any atom is -0.378 e. The molecule has 0 spiro atoms. The number of likely N-dealkylation sites (tertiary alicyclic amines) is 1. The first-order valence-corrected chi connectivity index (χ1v) is 10.9. The SMILES string of the molecule is Cc1cc(C2CCCN(C(C)(C)C)C2)c2cc(C(=O)N3CCOCC3)ccc2n1. The molecular formula is C24H33N3O2. The van der Waals surface area contributed by atoms with Gasteiger partial charge in [-0.3, -0.25) is 14.7 Å². The minimum atomic E-state index is 0.0988. The third-order valence-corrected chi connectivity index (χ3v) is 6.32. The molecule has 2 aliphatic heterocycles. The smallest absolute Gasteiger partial charge is 0.254 e. The zero-order chi connectivity index (χ0) is 20.6. The van der Waals surface area contributed by atoms with E-state index in [4.69, 9.17) is 9.72 Å². The fourth-order valence-corrected chi connectivity index (χ4v) is 4.65. The highest BCUT2D eigenvalue weighted by molar-refractivity contribution is 5.98. The molecule has 0 aliphatic carbocycles. The molecular weight excluding hydrogens is 362 g/mol. The lowest BCUT2D eigenvalue weighted by molar-refractivity contribution is 0.0303. The summed E-state index contributed by atoms with van der Waals surface area (Å²) in [4.78, 5) is 22.3. The van der Waals surface area contributed by atoms with Crippen molar-refractivity contribution >= 4 is 16.8 Å². The van der Waals surface area contributed by atoms with E-state index < -0.39 is 0 Å².